The zero-order valence-corrected chi connectivity index (χ0v) is 11.8. The second-order valence-electron chi connectivity index (χ2n) is 5.29. The van der Waals surface area contributed by atoms with Crippen LogP contribution in [0, 0.1) is 0 Å². The van der Waals surface area contributed by atoms with Gasteiger partial charge in [-0.1, -0.05) is 57.2 Å². The van der Waals surface area contributed by atoms with Crippen LogP contribution in [0.5, 0.6) is 0 Å². The average Bonchev–Trinajstić information content (AvgIpc) is 2.46. The SMILES string of the molecule is CCC(C)(C)c1ccccc1N=Nc1ccccc1. The maximum Gasteiger partial charge on any atom is 0.0894 e. The Labute approximate surface area is 115 Å². The van der Waals surface area contributed by atoms with Crippen LogP contribution in [0.25, 0.3) is 0 Å². The molecule has 0 aliphatic carbocycles. The molecule has 0 aliphatic heterocycles. The highest BCUT2D eigenvalue weighted by atomic mass is 15.1. The molecule has 0 fully saturated rings. The fourth-order valence-electron chi connectivity index (χ4n) is 1.93. The number of hydrogen-bond acceptors (Lipinski definition) is 2. The van der Waals surface area contributed by atoms with Gasteiger partial charge in [-0.15, -0.1) is 0 Å². The number of hydrogen-bond donors (Lipinski definition) is 0. The second kappa shape index (κ2) is 5.79. The molecule has 0 aliphatic rings. The minimum Gasteiger partial charge on any atom is -0.151 e. The van der Waals surface area contributed by atoms with Crippen LogP contribution in [0.1, 0.15) is 32.8 Å². The van der Waals surface area contributed by atoms with Gasteiger partial charge in [0.2, 0.25) is 0 Å². The van der Waals surface area contributed by atoms with Crippen molar-refractivity contribution in [3.63, 3.8) is 0 Å². The maximum atomic E-state index is 4.42. The standard InChI is InChI=1S/C17H20N2/c1-4-17(2,3)15-12-8-9-13-16(15)19-18-14-10-6-5-7-11-14/h5-13H,4H2,1-3H3. The first-order chi connectivity index (χ1) is 9.13. The minimum atomic E-state index is 0.117. The van der Waals surface area contributed by atoms with Crippen LogP contribution in [-0.2, 0) is 5.41 Å². The van der Waals surface area contributed by atoms with Crippen molar-refractivity contribution < 1.29 is 0 Å². The summed E-state index contributed by atoms with van der Waals surface area (Å²) in [7, 11) is 0. The fraction of sp³-hybridized carbons (Fsp3) is 0.294. The van der Waals surface area contributed by atoms with E-state index in [0.717, 1.165) is 17.8 Å². The van der Waals surface area contributed by atoms with Crippen molar-refractivity contribution in [1.82, 2.24) is 0 Å². The Morgan fingerprint density at radius 1 is 0.842 bits per heavy atom. The first-order valence-corrected chi connectivity index (χ1v) is 6.70. The van der Waals surface area contributed by atoms with Crippen LogP contribution in [0.4, 0.5) is 11.4 Å². The molecule has 0 unspecified atom stereocenters. The van der Waals surface area contributed by atoms with E-state index < -0.39 is 0 Å². The van der Waals surface area contributed by atoms with Crippen molar-refractivity contribution in [2.75, 3.05) is 0 Å². The van der Waals surface area contributed by atoms with Crippen LogP contribution < -0.4 is 0 Å². The van der Waals surface area contributed by atoms with E-state index in [4.69, 9.17) is 0 Å². The van der Waals surface area contributed by atoms with E-state index in [-0.39, 0.29) is 5.41 Å². The summed E-state index contributed by atoms with van der Waals surface area (Å²) in [6.45, 7) is 6.68. The average molecular weight is 252 g/mol. The van der Waals surface area contributed by atoms with Crippen molar-refractivity contribution in [3.05, 3.63) is 60.2 Å². The summed E-state index contributed by atoms with van der Waals surface area (Å²) in [5.74, 6) is 0. The molecule has 2 heteroatoms. The summed E-state index contributed by atoms with van der Waals surface area (Å²) < 4.78 is 0. The topological polar surface area (TPSA) is 24.7 Å². The lowest BCUT2D eigenvalue weighted by molar-refractivity contribution is 0.507. The highest BCUT2D eigenvalue weighted by molar-refractivity contribution is 5.49. The molecule has 0 amide bonds. The molecular formula is C17H20N2. The third-order valence-corrected chi connectivity index (χ3v) is 3.55. The van der Waals surface area contributed by atoms with Gasteiger partial charge in [0.15, 0.2) is 0 Å². The third-order valence-electron chi connectivity index (χ3n) is 3.55. The Hall–Kier alpha value is -1.96. The molecule has 2 rings (SSSR count). The molecule has 2 nitrogen and oxygen atoms in total. The van der Waals surface area contributed by atoms with E-state index in [0.29, 0.717) is 0 Å². The maximum absolute atomic E-state index is 4.42. The van der Waals surface area contributed by atoms with Gasteiger partial charge in [-0.25, -0.2) is 0 Å². The van der Waals surface area contributed by atoms with Gasteiger partial charge >= 0.3 is 0 Å². The lowest BCUT2D eigenvalue weighted by Crippen LogP contribution is -2.15. The molecule has 0 N–H and O–H groups in total. The number of azo groups is 1. The number of nitrogens with zero attached hydrogens (tertiary/aromatic N) is 2. The van der Waals surface area contributed by atoms with Gasteiger partial charge in [0.1, 0.15) is 0 Å². The molecule has 2 aromatic rings. The Morgan fingerprint density at radius 2 is 1.47 bits per heavy atom. The summed E-state index contributed by atoms with van der Waals surface area (Å²) in [4.78, 5) is 0. The molecule has 0 bridgehead atoms. The Bertz CT molecular complexity index is 556. The Kier molecular flexibility index (Phi) is 4.10. The molecule has 0 saturated carbocycles. The highest BCUT2D eigenvalue weighted by Crippen LogP contribution is 2.34. The summed E-state index contributed by atoms with van der Waals surface area (Å²) in [6, 6.07) is 18.1. The molecule has 2 aromatic carbocycles. The third kappa shape index (κ3) is 3.28. The normalized spacial score (nSPS) is 11.9. The predicted octanol–water partition coefficient (Wildman–Crippen LogP) is 5.79. The van der Waals surface area contributed by atoms with Crippen LogP contribution in [0.2, 0.25) is 0 Å². The first kappa shape index (κ1) is 13.5. The summed E-state index contributed by atoms with van der Waals surface area (Å²) in [6.07, 6.45) is 1.07. The molecule has 0 heterocycles. The van der Waals surface area contributed by atoms with Gasteiger partial charge in [0, 0.05) is 0 Å². The van der Waals surface area contributed by atoms with Gasteiger partial charge in [-0.2, -0.15) is 10.2 Å². The largest absolute Gasteiger partial charge is 0.151 e. The molecular weight excluding hydrogens is 232 g/mol. The monoisotopic (exact) mass is 252 g/mol. The van der Waals surface area contributed by atoms with Crippen LogP contribution in [0.15, 0.2) is 64.8 Å². The van der Waals surface area contributed by atoms with Gasteiger partial charge in [0.05, 0.1) is 11.4 Å². The smallest absolute Gasteiger partial charge is 0.0894 e. The molecule has 0 atom stereocenters. The van der Waals surface area contributed by atoms with Crippen LogP contribution in [0.3, 0.4) is 0 Å². The van der Waals surface area contributed by atoms with E-state index in [2.05, 4.69) is 43.1 Å². The second-order valence-corrected chi connectivity index (χ2v) is 5.29. The van der Waals surface area contributed by atoms with E-state index in [1.54, 1.807) is 0 Å². The van der Waals surface area contributed by atoms with E-state index in [1.807, 2.05) is 42.5 Å². The molecule has 0 spiro atoms. The van der Waals surface area contributed by atoms with Crippen molar-refractivity contribution in [1.29, 1.82) is 0 Å². The van der Waals surface area contributed by atoms with Gasteiger partial charge in [-0.05, 0) is 35.6 Å². The Morgan fingerprint density at radius 3 is 2.16 bits per heavy atom. The molecule has 0 saturated heterocycles. The predicted molar refractivity (Wildman–Crippen MR) is 80.4 cm³/mol. The minimum absolute atomic E-state index is 0.117. The van der Waals surface area contributed by atoms with Gasteiger partial charge in [-0.3, -0.25) is 0 Å². The van der Waals surface area contributed by atoms with Crippen molar-refractivity contribution in [2.45, 2.75) is 32.6 Å². The van der Waals surface area contributed by atoms with Crippen LogP contribution >= 0.6 is 0 Å². The zero-order chi connectivity index (χ0) is 13.7. The quantitative estimate of drug-likeness (QED) is 0.615. The first-order valence-electron chi connectivity index (χ1n) is 6.70. The number of benzene rings is 2. The van der Waals surface area contributed by atoms with Crippen molar-refractivity contribution in [2.24, 2.45) is 10.2 Å². The molecule has 0 aromatic heterocycles. The lowest BCUT2D eigenvalue weighted by Gasteiger charge is -2.24. The molecule has 98 valence electrons. The molecule has 19 heavy (non-hydrogen) atoms. The van der Waals surface area contributed by atoms with E-state index in [9.17, 15) is 0 Å². The van der Waals surface area contributed by atoms with Crippen molar-refractivity contribution in [3.8, 4) is 0 Å². The highest BCUT2D eigenvalue weighted by Gasteiger charge is 2.21. The van der Waals surface area contributed by atoms with Gasteiger partial charge in [0.25, 0.3) is 0 Å². The summed E-state index contributed by atoms with van der Waals surface area (Å²) in [5.41, 5.74) is 3.20. The van der Waals surface area contributed by atoms with E-state index >= 15 is 0 Å². The summed E-state index contributed by atoms with van der Waals surface area (Å²) >= 11 is 0. The number of rotatable bonds is 4. The van der Waals surface area contributed by atoms with E-state index in [1.165, 1.54) is 5.56 Å². The van der Waals surface area contributed by atoms with Gasteiger partial charge < -0.3 is 0 Å². The van der Waals surface area contributed by atoms with Crippen LogP contribution in [-0.4, -0.2) is 0 Å². The molecule has 0 radical (unpaired) electrons. The Balaban J connectivity index is 2.34. The zero-order valence-electron chi connectivity index (χ0n) is 11.8. The lowest BCUT2D eigenvalue weighted by atomic mass is 9.81. The van der Waals surface area contributed by atoms with Crippen molar-refractivity contribution >= 4 is 11.4 Å². The summed E-state index contributed by atoms with van der Waals surface area (Å²) in [5, 5.41) is 8.73. The fourth-order valence-corrected chi connectivity index (χ4v) is 1.93.